The second kappa shape index (κ2) is 4.78. The van der Waals surface area contributed by atoms with E-state index in [4.69, 9.17) is 4.74 Å². The molecule has 0 fully saturated rings. The van der Waals surface area contributed by atoms with E-state index in [9.17, 15) is 0 Å². The molecular formula is C14H14N2O. The Kier molecular flexibility index (Phi) is 3.19. The van der Waals surface area contributed by atoms with Crippen LogP contribution < -0.4 is 4.74 Å². The van der Waals surface area contributed by atoms with E-state index < -0.39 is 0 Å². The summed E-state index contributed by atoms with van der Waals surface area (Å²) in [7, 11) is 1.65. The van der Waals surface area contributed by atoms with Gasteiger partial charge >= 0.3 is 0 Å². The average Bonchev–Trinajstić information content (AvgIpc) is 2.40. The summed E-state index contributed by atoms with van der Waals surface area (Å²) in [5, 5.41) is 0. The number of nitrogens with zero attached hydrogens (tertiary/aromatic N) is 2. The molecule has 0 atom stereocenters. The second-order valence-corrected chi connectivity index (χ2v) is 3.64. The molecule has 0 N–H and O–H groups in total. The van der Waals surface area contributed by atoms with E-state index in [1.807, 2.05) is 31.2 Å². The highest BCUT2D eigenvalue weighted by atomic mass is 16.5. The van der Waals surface area contributed by atoms with Gasteiger partial charge in [-0.1, -0.05) is 12.6 Å². The van der Waals surface area contributed by atoms with Gasteiger partial charge in [0.2, 0.25) is 0 Å². The topological polar surface area (TPSA) is 35.0 Å². The SMILES string of the molecule is C=Cc1nc(-c2ccccn2)cc(OC)c1C. The molecule has 0 aliphatic carbocycles. The van der Waals surface area contributed by atoms with Gasteiger partial charge < -0.3 is 4.74 Å². The first kappa shape index (κ1) is 11.3. The minimum atomic E-state index is 0.794. The normalized spacial score (nSPS) is 10.0. The maximum atomic E-state index is 5.33. The van der Waals surface area contributed by atoms with Crippen molar-refractivity contribution in [2.24, 2.45) is 0 Å². The number of ether oxygens (including phenoxy) is 1. The lowest BCUT2D eigenvalue weighted by molar-refractivity contribution is 0.411. The summed E-state index contributed by atoms with van der Waals surface area (Å²) in [4.78, 5) is 8.79. The molecule has 3 nitrogen and oxygen atoms in total. The Labute approximate surface area is 101 Å². The molecular weight excluding hydrogens is 212 g/mol. The highest BCUT2D eigenvalue weighted by Crippen LogP contribution is 2.26. The van der Waals surface area contributed by atoms with Crippen LogP contribution in [0.4, 0.5) is 0 Å². The number of methoxy groups -OCH3 is 1. The smallest absolute Gasteiger partial charge is 0.126 e. The van der Waals surface area contributed by atoms with Crippen molar-refractivity contribution >= 4 is 6.08 Å². The van der Waals surface area contributed by atoms with E-state index in [0.717, 1.165) is 28.4 Å². The fourth-order valence-corrected chi connectivity index (χ4v) is 1.66. The first-order valence-corrected chi connectivity index (χ1v) is 5.35. The number of aromatic nitrogens is 2. The van der Waals surface area contributed by atoms with Crippen molar-refractivity contribution in [3.8, 4) is 17.1 Å². The summed E-state index contributed by atoms with van der Waals surface area (Å²) >= 11 is 0. The molecule has 86 valence electrons. The molecule has 0 unspecified atom stereocenters. The highest BCUT2D eigenvalue weighted by Gasteiger charge is 2.09. The van der Waals surface area contributed by atoms with Gasteiger partial charge in [0.25, 0.3) is 0 Å². The Morgan fingerprint density at radius 2 is 2.12 bits per heavy atom. The van der Waals surface area contributed by atoms with Crippen LogP contribution >= 0.6 is 0 Å². The lowest BCUT2D eigenvalue weighted by atomic mass is 10.1. The quantitative estimate of drug-likeness (QED) is 0.806. The third-order valence-electron chi connectivity index (χ3n) is 2.60. The van der Waals surface area contributed by atoms with Gasteiger partial charge in [0.05, 0.1) is 24.2 Å². The third-order valence-corrected chi connectivity index (χ3v) is 2.60. The molecule has 0 saturated heterocycles. The summed E-state index contributed by atoms with van der Waals surface area (Å²) in [6.07, 6.45) is 3.47. The maximum Gasteiger partial charge on any atom is 0.126 e. The van der Waals surface area contributed by atoms with E-state index in [1.165, 1.54) is 0 Å². The molecule has 2 aromatic rings. The lowest BCUT2D eigenvalue weighted by Crippen LogP contribution is -1.96. The van der Waals surface area contributed by atoms with Crippen LogP contribution in [0.1, 0.15) is 11.3 Å². The largest absolute Gasteiger partial charge is 0.496 e. The second-order valence-electron chi connectivity index (χ2n) is 3.64. The summed E-state index contributed by atoms with van der Waals surface area (Å²) in [6.45, 7) is 5.73. The average molecular weight is 226 g/mol. The zero-order chi connectivity index (χ0) is 12.3. The Hall–Kier alpha value is -2.16. The van der Waals surface area contributed by atoms with Gasteiger partial charge in [-0.3, -0.25) is 4.98 Å². The molecule has 0 spiro atoms. The van der Waals surface area contributed by atoms with E-state index >= 15 is 0 Å². The minimum absolute atomic E-state index is 0.794. The van der Waals surface area contributed by atoms with Crippen LogP contribution in [0.5, 0.6) is 5.75 Å². The van der Waals surface area contributed by atoms with E-state index in [0.29, 0.717) is 0 Å². The molecule has 2 rings (SSSR count). The fraction of sp³-hybridized carbons (Fsp3) is 0.143. The molecule has 0 aliphatic rings. The molecule has 0 aromatic carbocycles. The minimum Gasteiger partial charge on any atom is -0.496 e. The standard InChI is InChI=1S/C14H14N2O/c1-4-11-10(2)14(17-3)9-13(16-11)12-7-5-6-8-15-12/h4-9H,1H2,2-3H3. The van der Waals surface area contributed by atoms with Crippen molar-refractivity contribution in [1.29, 1.82) is 0 Å². The van der Waals surface area contributed by atoms with Gasteiger partial charge in [0.1, 0.15) is 5.75 Å². The summed E-state index contributed by atoms with van der Waals surface area (Å²) in [5.74, 6) is 0.801. The van der Waals surface area contributed by atoms with E-state index in [1.54, 1.807) is 19.4 Å². The van der Waals surface area contributed by atoms with Gasteiger partial charge in [-0.15, -0.1) is 0 Å². The monoisotopic (exact) mass is 226 g/mol. The van der Waals surface area contributed by atoms with Crippen molar-refractivity contribution in [2.45, 2.75) is 6.92 Å². The highest BCUT2D eigenvalue weighted by molar-refractivity contribution is 5.62. The zero-order valence-electron chi connectivity index (χ0n) is 9.97. The molecule has 0 bridgehead atoms. The number of pyridine rings is 2. The van der Waals surface area contributed by atoms with Crippen molar-refractivity contribution in [2.75, 3.05) is 7.11 Å². The molecule has 2 heterocycles. The Morgan fingerprint density at radius 1 is 1.29 bits per heavy atom. The fourth-order valence-electron chi connectivity index (χ4n) is 1.66. The van der Waals surface area contributed by atoms with Crippen LogP contribution in [-0.2, 0) is 0 Å². The van der Waals surface area contributed by atoms with E-state index in [-0.39, 0.29) is 0 Å². The number of hydrogen-bond donors (Lipinski definition) is 0. The van der Waals surface area contributed by atoms with Crippen LogP contribution in [0.3, 0.4) is 0 Å². The predicted molar refractivity (Wildman–Crippen MR) is 68.8 cm³/mol. The van der Waals surface area contributed by atoms with Gasteiger partial charge in [-0.05, 0) is 25.1 Å². The van der Waals surface area contributed by atoms with Crippen LogP contribution in [-0.4, -0.2) is 17.1 Å². The third kappa shape index (κ3) is 2.18. The van der Waals surface area contributed by atoms with Gasteiger partial charge in [0.15, 0.2) is 0 Å². The van der Waals surface area contributed by atoms with Gasteiger partial charge in [0, 0.05) is 17.8 Å². The van der Waals surface area contributed by atoms with Crippen LogP contribution in [0.15, 0.2) is 37.0 Å². The van der Waals surface area contributed by atoms with Crippen molar-refractivity contribution in [3.05, 3.63) is 48.3 Å². The molecule has 17 heavy (non-hydrogen) atoms. The Balaban J connectivity index is 2.60. The number of hydrogen-bond acceptors (Lipinski definition) is 3. The van der Waals surface area contributed by atoms with Crippen LogP contribution in [0.25, 0.3) is 17.5 Å². The molecule has 0 aliphatic heterocycles. The lowest BCUT2D eigenvalue weighted by Gasteiger charge is -2.09. The predicted octanol–water partition coefficient (Wildman–Crippen LogP) is 3.10. The molecule has 2 aromatic heterocycles. The van der Waals surface area contributed by atoms with Gasteiger partial charge in [-0.25, -0.2) is 4.98 Å². The first-order valence-electron chi connectivity index (χ1n) is 5.35. The summed E-state index contributed by atoms with van der Waals surface area (Å²) in [6, 6.07) is 7.63. The molecule has 0 amide bonds. The van der Waals surface area contributed by atoms with Crippen molar-refractivity contribution in [1.82, 2.24) is 9.97 Å². The Bertz CT molecular complexity index is 535. The Morgan fingerprint density at radius 3 is 2.71 bits per heavy atom. The zero-order valence-corrected chi connectivity index (χ0v) is 9.97. The van der Waals surface area contributed by atoms with Crippen LogP contribution in [0, 0.1) is 6.92 Å². The summed E-state index contributed by atoms with van der Waals surface area (Å²) in [5.41, 5.74) is 3.43. The van der Waals surface area contributed by atoms with Crippen LogP contribution in [0.2, 0.25) is 0 Å². The van der Waals surface area contributed by atoms with Crippen molar-refractivity contribution < 1.29 is 4.74 Å². The maximum absolute atomic E-state index is 5.33. The molecule has 3 heteroatoms. The molecule has 0 saturated carbocycles. The first-order chi connectivity index (χ1) is 8.26. The van der Waals surface area contributed by atoms with Crippen molar-refractivity contribution in [3.63, 3.8) is 0 Å². The molecule has 0 radical (unpaired) electrons. The summed E-state index contributed by atoms with van der Waals surface area (Å²) < 4.78 is 5.33. The van der Waals surface area contributed by atoms with E-state index in [2.05, 4.69) is 16.5 Å². The van der Waals surface area contributed by atoms with Gasteiger partial charge in [-0.2, -0.15) is 0 Å². The number of rotatable bonds is 3.